The Morgan fingerprint density at radius 1 is 1.20 bits per heavy atom. The molecule has 2 aliphatic carbocycles. The van der Waals surface area contributed by atoms with Crippen molar-refractivity contribution in [2.75, 3.05) is 6.61 Å². The third kappa shape index (κ3) is 1.94. The van der Waals surface area contributed by atoms with Gasteiger partial charge in [-0.15, -0.1) is 0 Å². The van der Waals surface area contributed by atoms with E-state index in [1.807, 2.05) is 0 Å². The zero-order valence-corrected chi connectivity index (χ0v) is 10.8. The number of hydrogen-bond acceptors (Lipinski definition) is 2. The third-order valence-electron chi connectivity index (χ3n) is 4.46. The Hall–Kier alpha value is -0.0800. The lowest BCUT2D eigenvalue weighted by Gasteiger charge is -2.52. The number of nitrogens with one attached hydrogen (secondary N) is 1. The summed E-state index contributed by atoms with van der Waals surface area (Å²) in [4.78, 5) is 0. The zero-order valence-electron chi connectivity index (χ0n) is 10.8. The monoisotopic (exact) mass is 211 g/mol. The van der Waals surface area contributed by atoms with E-state index in [1.54, 1.807) is 0 Å². The summed E-state index contributed by atoms with van der Waals surface area (Å²) in [5.74, 6) is 0. The quantitative estimate of drug-likeness (QED) is 0.771. The highest BCUT2D eigenvalue weighted by molar-refractivity contribution is 5.09. The van der Waals surface area contributed by atoms with Crippen molar-refractivity contribution in [3.63, 3.8) is 0 Å². The molecule has 88 valence electrons. The van der Waals surface area contributed by atoms with E-state index in [2.05, 4.69) is 39.9 Å². The van der Waals surface area contributed by atoms with Crippen LogP contribution >= 0.6 is 0 Å². The van der Waals surface area contributed by atoms with Crippen molar-refractivity contribution in [1.82, 2.24) is 5.32 Å². The molecule has 1 N–H and O–H groups in total. The summed E-state index contributed by atoms with van der Waals surface area (Å²) in [6.07, 6.45) is 2.98. The Morgan fingerprint density at radius 3 is 2.20 bits per heavy atom. The molecule has 0 aromatic heterocycles. The van der Waals surface area contributed by atoms with Crippen LogP contribution in [0.5, 0.6) is 0 Å². The molecule has 15 heavy (non-hydrogen) atoms. The van der Waals surface area contributed by atoms with Gasteiger partial charge in [0.1, 0.15) is 0 Å². The van der Waals surface area contributed by atoms with Gasteiger partial charge in [-0.3, -0.25) is 0 Å². The Labute approximate surface area is 93.8 Å². The molecule has 0 amide bonds. The van der Waals surface area contributed by atoms with E-state index in [9.17, 15) is 0 Å². The molecule has 2 heteroatoms. The molecule has 0 bridgehead atoms. The van der Waals surface area contributed by atoms with Gasteiger partial charge in [-0.2, -0.15) is 0 Å². The summed E-state index contributed by atoms with van der Waals surface area (Å²) < 4.78 is 5.74. The van der Waals surface area contributed by atoms with Gasteiger partial charge >= 0.3 is 0 Å². The minimum Gasteiger partial charge on any atom is -0.378 e. The van der Waals surface area contributed by atoms with E-state index in [0.29, 0.717) is 23.0 Å². The second kappa shape index (κ2) is 3.46. The summed E-state index contributed by atoms with van der Waals surface area (Å²) in [7, 11) is 0. The SMILES string of the molecule is CCOC1CC(NC2CC2(C)C)C1(C)C. The van der Waals surface area contributed by atoms with Gasteiger partial charge in [-0.05, 0) is 25.2 Å². The molecule has 2 saturated carbocycles. The molecule has 3 atom stereocenters. The van der Waals surface area contributed by atoms with Crippen molar-refractivity contribution < 1.29 is 4.74 Å². The average molecular weight is 211 g/mol. The van der Waals surface area contributed by atoms with E-state index in [0.717, 1.165) is 12.6 Å². The maximum Gasteiger partial charge on any atom is 0.0655 e. The molecule has 3 unspecified atom stereocenters. The summed E-state index contributed by atoms with van der Waals surface area (Å²) in [6, 6.07) is 1.39. The first-order valence-corrected chi connectivity index (χ1v) is 6.25. The first-order chi connectivity index (χ1) is 6.88. The smallest absolute Gasteiger partial charge is 0.0655 e. The summed E-state index contributed by atoms with van der Waals surface area (Å²) >= 11 is 0. The Kier molecular flexibility index (Phi) is 2.63. The highest BCUT2D eigenvalue weighted by Crippen LogP contribution is 2.49. The molecule has 0 aromatic rings. The Morgan fingerprint density at radius 2 is 1.80 bits per heavy atom. The van der Waals surface area contributed by atoms with E-state index >= 15 is 0 Å². The molecule has 2 nitrogen and oxygen atoms in total. The first-order valence-electron chi connectivity index (χ1n) is 6.25. The third-order valence-corrected chi connectivity index (χ3v) is 4.46. The second-order valence-corrected chi connectivity index (χ2v) is 6.47. The van der Waals surface area contributed by atoms with E-state index in [1.165, 1.54) is 12.8 Å². The van der Waals surface area contributed by atoms with Crippen molar-refractivity contribution >= 4 is 0 Å². The van der Waals surface area contributed by atoms with E-state index in [-0.39, 0.29) is 0 Å². The van der Waals surface area contributed by atoms with Crippen LogP contribution in [0, 0.1) is 10.8 Å². The lowest BCUT2D eigenvalue weighted by molar-refractivity contribution is -0.115. The van der Waals surface area contributed by atoms with Gasteiger partial charge in [0.25, 0.3) is 0 Å². The van der Waals surface area contributed by atoms with Crippen molar-refractivity contribution in [3.05, 3.63) is 0 Å². The van der Waals surface area contributed by atoms with Crippen LogP contribution < -0.4 is 5.32 Å². The van der Waals surface area contributed by atoms with Gasteiger partial charge < -0.3 is 10.1 Å². The number of rotatable bonds is 4. The van der Waals surface area contributed by atoms with Crippen LogP contribution in [0.15, 0.2) is 0 Å². The lowest BCUT2D eigenvalue weighted by atomic mass is 9.64. The molecule has 0 aliphatic heterocycles. The molecule has 0 saturated heterocycles. The molecule has 2 rings (SSSR count). The van der Waals surface area contributed by atoms with E-state index < -0.39 is 0 Å². The highest BCUT2D eigenvalue weighted by Gasteiger charge is 2.54. The predicted octanol–water partition coefficient (Wildman–Crippen LogP) is 2.58. The number of hydrogen-bond donors (Lipinski definition) is 1. The fraction of sp³-hybridized carbons (Fsp3) is 1.00. The van der Waals surface area contributed by atoms with Gasteiger partial charge in [0.05, 0.1) is 6.10 Å². The van der Waals surface area contributed by atoms with Crippen molar-refractivity contribution in [2.24, 2.45) is 10.8 Å². The second-order valence-electron chi connectivity index (χ2n) is 6.47. The molecule has 2 aliphatic rings. The first kappa shape index (κ1) is 11.4. The molecule has 0 heterocycles. The molecular formula is C13H25NO. The van der Waals surface area contributed by atoms with Crippen molar-refractivity contribution in [1.29, 1.82) is 0 Å². The maximum absolute atomic E-state index is 5.74. The number of ether oxygens (including phenoxy) is 1. The van der Waals surface area contributed by atoms with Crippen LogP contribution in [0.1, 0.15) is 47.5 Å². The molecule has 0 spiro atoms. The Bertz CT molecular complexity index is 247. The largest absolute Gasteiger partial charge is 0.378 e. The van der Waals surface area contributed by atoms with Crippen LogP contribution in [-0.4, -0.2) is 24.8 Å². The standard InChI is InChI=1S/C13H25NO/c1-6-15-11-7-9(13(11,4)5)14-10-8-12(10,2)3/h9-11,14H,6-8H2,1-5H3. The van der Waals surface area contributed by atoms with Gasteiger partial charge in [-0.1, -0.05) is 27.7 Å². The molecule has 0 aromatic carbocycles. The van der Waals surface area contributed by atoms with Crippen molar-refractivity contribution in [3.8, 4) is 0 Å². The fourth-order valence-corrected chi connectivity index (χ4v) is 2.65. The van der Waals surface area contributed by atoms with Gasteiger partial charge in [0.15, 0.2) is 0 Å². The van der Waals surface area contributed by atoms with Crippen LogP contribution in [-0.2, 0) is 4.74 Å². The lowest BCUT2D eigenvalue weighted by Crippen LogP contribution is -2.61. The minimum atomic E-state index is 0.314. The maximum atomic E-state index is 5.74. The minimum absolute atomic E-state index is 0.314. The van der Waals surface area contributed by atoms with Gasteiger partial charge in [0.2, 0.25) is 0 Å². The summed E-state index contributed by atoms with van der Waals surface area (Å²) in [5, 5.41) is 3.78. The normalized spacial score (nSPS) is 41.0. The summed E-state index contributed by atoms with van der Waals surface area (Å²) in [5.41, 5.74) is 0.849. The summed E-state index contributed by atoms with van der Waals surface area (Å²) in [6.45, 7) is 12.3. The average Bonchev–Trinajstić information content (AvgIpc) is 2.72. The molecular weight excluding hydrogens is 186 g/mol. The predicted molar refractivity (Wildman–Crippen MR) is 62.9 cm³/mol. The molecule has 0 radical (unpaired) electrons. The van der Waals surface area contributed by atoms with Gasteiger partial charge in [-0.25, -0.2) is 0 Å². The van der Waals surface area contributed by atoms with Crippen LogP contribution in [0.25, 0.3) is 0 Å². The Balaban J connectivity index is 1.82. The van der Waals surface area contributed by atoms with Crippen LogP contribution in [0.2, 0.25) is 0 Å². The topological polar surface area (TPSA) is 21.3 Å². The zero-order chi connectivity index (χ0) is 11.3. The fourth-order valence-electron chi connectivity index (χ4n) is 2.65. The van der Waals surface area contributed by atoms with Crippen molar-refractivity contribution in [2.45, 2.75) is 65.6 Å². The highest BCUT2D eigenvalue weighted by atomic mass is 16.5. The molecule has 2 fully saturated rings. The van der Waals surface area contributed by atoms with Crippen LogP contribution in [0.4, 0.5) is 0 Å². The van der Waals surface area contributed by atoms with E-state index in [4.69, 9.17) is 4.74 Å². The van der Waals surface area contributed by atoms with Gasteiger partial charge in [0, 0.05) is 24.1 Å². The van der Waals surface area contributed by atoms with Crippen LogP contribution in [0.3, 0.4) is 0 Å².